The fraction of sp³-hybridized carbons (Fsp3) is 0.211. The molecule has 138 valence electrons. The molecule has 0 atom stereocenters. The number of nitrogens with one attached hydrogen (secondary N) is 1. The van der Waals surface area contributed by atoms with Gasteiger partial charge < -0.3 is 19.5 Å². The van der Waals surface area contributed by atoms with Gasteiger partial charge >= 0.3 is 0 Å². The van der Waals surface area contributed by atoms with Gasteiger partial charge in [0.1, 0.15) is 31.6 Å². The zero-order chi connectivity index (χ0) is 18.6. The first-order valence-electron chi connectivity index (χ1n) is 8.47. The van der Waals surface area contributed by atoms with Crippen molar-refractivity contribution in [1.29, 1.82) is 0 Å². The SMILES string of the molecule is Cc1ccc(OCC(=O)Nc2ccc3c(c2)OCCO3)c(-n2cnnc2)c1. The number of aromatic nitrogens is 3. The van der Waals surface area contributed by atoms with Gasteiger partial charge in [-0.3, -0.25) is 9.36 Å². The van der Waals surface area contributed by atoms with E-state index >= 15 is 0 Å². The van der Waals surface area contributed by atoms with E-state index in [0.717, 1.165) is 11.3 Å². The van der Waals surface area contributed by atoms with Gasteiger partial charge in [-0.15, -0.1) is 10.2 Å². The molecule has 0 radical (unpaired) electrons. The lowest BCUT2D eigenvalue weighted by molar-refractivity contribution is -0.118. The van der Waals surface area contributed by atoms with Gasteiger partial charge in [0, 0.05) is 11.8 Å². The molecule has 4 rings (SSSR count). The summed E-state index contributed by atoms with van der Waals surface area (Å²) in [5.41, 5.74) is 2.45. The van der Waals surface area contributed by atoms with Crippen molar-refractivity contribution < 1.29 is 19.0 Å². The summed E-state index contributed by atoms with van der Waals surface area (Å²) in [6, 6.07) is 11.0. The highest BCUT2D eigenvalue weighted by molar-refractivity contribution is 5.92. The van der Waals surface area contributed by atoms with E-state index in [1.54, 1.807) is 35.4 Å². The number of fused-ring (bicyclic) bond motifs is 1. The minimum atomic E-state index is -0.276. The molecular weight excluding hydrogens is 348 g/mol. The highest BCUT2D eigenvalue weighted by Gasteiger charge is 2.14. The van der Waals surface area contributed by atoms with Gasteiger partial charge in [0.05, 0.1) is 5.69 Å². The molecule has 1 aliphatic heterocycles. The number of hydrogen-bond donors (Lipinski definition) is 1. The molecular formula is C19H18N4O4. The summed E-state index contributed by atoms with van der Waals surface area (Å²) in [6.07, 6.45) is 3.16. The zero-order valence-electron chi connectivity index (χ0n) is 14.7. The van der Waals surface area contributed by atoms with Gasteiger partial charge in [-0.05, 0) is 36.8 Å². The Morgan fingerprint density at radius 3 is 2.70 bits per heavy atom. The first-order chi connectivity index (χ1) is 13.2. The monoisotopic (exact) mass is 366 g/mol. The van der Waals surface area contributed by atoms with Crippen LogP contribution in [0.3, 0.4) is 0 Å². The molecule has 0 bridgehead atoms. The molecule has 2 heterocycles. The lowest BCUT2D eigenvalue weighted by Crippen LogP contribution is -2.21. The van der Waals surface area contributed by atoms with Crippen molar-refractivity contribution in [3.05, 3.63) is 54.6 Å². The maximum absolute atomic E-state index is 12.3. The smallest absolute Gasteiger partial charge is 0.262 e. The number of anilines is 1. The average Bonchev–Trinajstić information content (AvgIpc) is 3.21. The third kappa shape index (κ3) is 3.84. The van der Waals surface area contributed by atoms with Gasteiger partial charge in [-0.25, -0.2) is 0 Å². The predicted molar refractivity (Wildman–Crippen MR) is 97.7 cm³/mol. The number of nitrogens with zero attached hydrogens (tertiary/aromatic N) is 3. The quantitative estimate of drug-likeness (QED) is 0.746. The second-order valence-corrected chi connectivity index (χ2v) is 6.04. The highest BCUT2D eigenvalue weighted by atomic mass is 16.6. The third-order valence-electron chi connectivity index (χ3n) is 4.00. The lowest BCUT2D eigenvalue weighted by Gasteiger charge is -2.19. The molecule has 1 N–H and O–H groups in total. The summed E-state index contributed by atoms with van der Waals surface area (Å²) < 4.78 is 18.4. The van der Waals surface area contributed by atoms with Gasteiger partial charge in [0.15, 0.2) is 18.1 Å². The largest absolute Gasteiger partial charge is 0.486 e. The summed E-state index contributed by atoms with van der Waals surface area (Å²) in [5, 5.41) is 10.4. The van der Waals surface area contributed by atoms with Crippen LogP contribution < -0.4 is 19.5 Å². The van der Waals surface area contributed by atoms with E-state index in [1.807, 2.05) is 25.1 Å². The molecule has 27 heavy (non-hydrogen) atoms. The van der Waals surface area contributed by atoms with E-state index in [9.17, 15) is 4.79 Å². The van der Waals surface area contributed by atoms with Crippen LogP contribution >= 0.6 is 0 Å². The average molecular weight is 366 g/mol. The van der Waals surface area contributed by atoms with E-state index < -0.39 is 0 Å². The number of ether oxygens (including phenoxy) is 3. The number of aryl methyl sites for hydroxylation is 1. The zero-order valence-corrected chi connectivity index (χ0v) is 14.7. The Morgan fingerprint density at radius 2 is 1.89 bits per heavy atom. The number of benzene rings is 2. The standard InChI is InChI=1S/C19H18N4O4/c1-13-2-4-16(15(8-13)23-11-20-21-12-23)27-10-19(24)22-14-3-5-17-18(9-14)26-7-6-25-17/h2-5,8-9,11-12H,6-7,10H2,1H3,(H,22,24). The number of hydrogen-bond acceptors (Lipinski definition) is 6. The van der Waals surface area contributed by atoms with Crippen molar-refractivity contribution >= 4 is 11.6 Å². The summed E-state index contributed by atoms with van der Waals surface area (Å²) in [5.74, 6) is 1.59. The molecule has 1 aromatic heterocycles. The Hall–Kier alpha value is -3.55. The number of amides is 1. The maximum atomic E-state index is 12.3. The van der Waals surface area contributed by atoms with E-state index in [0.29, 0.717) is 36.1 Å². The van der Waals surface area contributed by atoms with Crippen LogP contribution in [0, 0.1) is 6.92 Å². The molecule has 2 aromatic carbocycles. The van der Waals surface area contributed by atoms with Crippen LogP contribution in [0.4, 0.5) is 5.69 Å². The van der Waals surface area contributed by atoms with Crippen molar-refractivity contribution in [2.75, 3.05) is 25.1 Å². The predicted octanol–water partition coefficient (Wildman–Crippen LogP) is 2.36. The third-order valence-corrected chi connectivity index (χ3v) is 4.00. The van der Waals surface area contributed by atoms with Gasteiger partial charge in [-0.1, -0.05) is 6.07 Å². The fourth-order valence-corrected chi connectivity index (χ4v) is 2.74. The van der Waals surface area contributed by atoms with Gasteiger partial charge in [-0.2, -0.15) is 0 Å². The number of carbonyl (C=O) groups is 1. The molecule has 1 aliphatic rings. The summed E-state index contributed by atoms with van der Waals surface area (Å²) in [4.78, 5) is 12.3. The van der Waals surface area contributed by atoms with E-state index in [1.165, 1.54) is 0 Å². The summed E-state index contributed by atoms with van der Waals surface area (Å²) in [7, 11) is 0. The number of carbonyl (C=O) groups excluding carboxylic acids is 1. The van der Waals surface area contributed by atoms with Crippen LogP contribution in [0.2, 0.25) is 0 Å². The molecule has 0 spiro atoms. The molecule has 1 amide bonds. The molecule has 0 unspecified atom stereocenters. The molecule has 0 saturated carbocycles. The normalized spacial score (nSPS) is 12.5. The van der Waals surface area contributed by atoms with E-state index in [-0.39, 0.29) is 12.5 Å². The summed E-state index contributed by atoms with van der Waals surface area (Å²) in [6.45, 7) is 2.86. The van der Waals surface area contributed by atoms with Crippen LogP contribution in [0.1, 0.15) is 5.56 Å². The molecule has 8 nitrogen and oxygen atoms in total. The second-order valence-electron chi connectivity index (χ2n) is 6.04. The molecule has 0 saturated heterocycles. The first kappa shape index (κ1) is 16.9. The van der Waals surface area contributed by atoms with Crippen molar-refractivity contribution in [2.24, 2.45) is 0 Å². The van der Waals surface area contributed by atoms with Crippen molar-refractivity contribution in [1.82, 2.24) is 14.8 Å². The Kier molecular flexibility index (Phi) is 4.61. The second kappa shape index (κ2) is 7.36. The summed E-state index contributed by atoms with van der Waals surface area (Å²) >= 11 is 0. The Morgan fingerprint density at radius 1 is 1.11 bits per heavy atom. The van der Waals surface area contributed by atoms with Crippen LogP contribution in [0.5, 0.6) is 17.2 Å². The highest BCUT2D eigenvalue weighted by Crippen LogP contribution is 2.32. The first-order valence-corrected chi connectivity index (χ1v) is 8.47. The lowest BCUT2D eigenvalue weighted by atomic mass is 10.2. The molecule has 3 aromatic rings. The minimum Gasteiger partial charge on any atom is -0.486 e. The minimum absolute atomic E-state index is 0.132. The van der Waals surface area contributed by atoms with Crippen molar-refractivity contribution in [2.45, 2.75) is 6.92 Å². The Labute approximate surface area is 155 Å². The van der Waals surface area contributed by atoms with Crippen LogP contribution in [0.25, 0.3) is 5.69 Å². The Bertz CT molecular complexity index is 956. The van der Waals surface area contributed by atoms with Crippen LogP contribution in [-0.4, -0.2) is 40.5 Å². The molecule has 0 aliphatic carbocycles. The van der Waals surface area contributed by atoms with Crippen LogP contribution in [-0.2, 0) is 4.79 Å². The van der Waals surface area contributed by atoms with Crippen LogP contribution in [0.15, 0.2) is 49.1 Å². The van der Waals surface area contributed by atoms with Gasteiger partial charge in [0.2, 0.25) is 0 Å². The maximum Gasteiger partial charge on any atom is 0.262 e. The van der Waals surface area contributed by atoms with E-state index in [4.69, 9.17) is 14.2 Å². The van der Waals surface area contributed by atoms with E-state index in [2.05, 4.69) is 15.5 Å². The van der Waals surface area contributed by atoms with Gasteiger partial charge in [0.25, 0.3) is 5.91 Å². The van der Waals surface area contributed by atoms with Crippen molar-refractivity contribution in [3.63, 3.8) is 0 Å². The topological polar surface area (TPSA) is 87.5 Å². The fourth-order valence-electron chi connectivity index (χ4n) is 2.74. The van der Waals surface area contributed by atoms with Crippen molar-refractivity contribution in [3.8, 4) is 22.9 Å². The Balaban J connectivity index is 1.43. The molecule has 0 fully saturated rings. The molecule has 8 heteroatoms. The number of rotatable bonds is 5.